The molecule has 1 aliphatic rings. The zero-order valence-corrected chi connectivity index (χ0v) is 13.4. The molecule has 1 heterocycles. The van der Waals surface area contributed by atoms with E-state index in [1.54, 1.807) is 0 Å². The Morgan fingerprint density at radius 1 is 1.40 bits per heavy atom. The molecule has 1 aliphatic heterocycles. The predicted molar refractivity (Wildman–Crippen MR) is 82.7 cm³/mol. The zero-order chi connectivity index (χ0) is 14.8. The van der Waals surface area contributed by atoms with Gasteiger partial charge >= 0.3 is 0 Å². The summed E-state index contributed by atoms with van der Waals surface area (Å²) < 4.78 is 23.0. The van der Waals surface area contributed by atoms with Gasteiger partial charge in [0, 0.05) is 17.5 Å². The molecule has 0 saturated carbocycles. The third-order valence-electron chi connectivity index (χ3n) is 3.17. The molecule has 1 aromatic rings. The first kappa shape index (κ1) is 15.8. The smallest absolute Gasteiger partial charge is 0.154 e. The lowest BCUT2D eigenvalue weighted by Gasteiger charge is -2.13. The Bertz CT molecular complexity index is 557. The summed E-state index contributed by atoms with van der Waals surface area (Å²) in [6, 6.07) is 8.45. The molecule has 4 nitrogen and oxygen atoms in total. The summed E-state index contributed by atoms with van der Waals surface area (Å²) in [4.78, 5) is 1.01. The number of aliphatic hydroxyl groups excluding tert-OH is 1. The number of thioether (sulfide) groups is 1. The van der Waals surface area contributed by atoms with Crippen molar-refractivity contribution < 1.29 is 13.5 Å². The van der Waals surface area contributed by atoms with Gasteiger partial charge in [-0.05, 0) is 17.7 Å². The molecule has 2 unspecified atom stereocenters. The van der Waals surface area contributed by atoms with Gasteiger partial charge < -0.3 is 10.4 Å². The Morgan fingerprint density at radius 2 is 2.15 bits per heavy atom. The molecule has 1 fully saturated rings. The highest BCUT2D eigenvalue weighted by Gasteiger charge is 2.36. The second kappa shape index (κ2) is 6.47. The van der Waals surface area contributed by atoms with Crippen LogP contribution in [0.4, 0.5) is 0 Å². The van der Waals surface area contributed by atoms with E-state index in [0.717, 1.165) is 11.4 Å². The minimum absolute atomic E-state index is 0.0628. The Hall–Kier alpha value is -0.560. The van der Waals surface area contributed by atoms with Crippen molar-refractivity contribution in [3.63, 3.8) is 0 Å². The highest BCUT2D eigenvalue weighted by atomic mass is 32.2. The summed E-state index contributed by atoms with van der Waals surface area (Å²) in [7, 11) is -3.08. The van der Waals surface area contributed by atoms with E-state index in [4.69, 9.17) is 0 Å². The number of hydrogen-bond acceptors (Lipinski definition) is 5. The summed E-state index contributed by atoms with van der Waals surface area (Å²) in [6.07, 6.45) is -0.762. The van der Waals surface area contributed by atoms with Gasteiger partial charge in [-0.3, -0.25) is 0 Å². The van der Waals surface area contributed by atoms with E-state index in [9.17, 15) is 13.5 Å². The van der Waals surface area contributed by atoms with Crippen LogP contribution >= 0.6 is 11.8 Å². The summed E-state index contributed by atoms with van der Waals surface area (Å²) in [5.74, 6) is -0.0490. The van der Waals surface area contributed by atoms with Crippen molar-refractivity contribution in [2.45, 2.75) is 42.7 Å². The molecule has 0 bridgehead atoms. The first-order chi connectivity index (χ1) is 9.35. The Labute approximate surface area is 124 Å². The van der Waals surface area contributed by atoms with Crippen LogP contribution in [0.15, 0.2) is 29.2 Å². The van der Waals surface area contributed by atoms with Crippen molar-refractivity contribution >= 4 is 21.6 Å². The highest BCUT2D eigenvalue weighted by Crippen LogP contribution is 2.31. The molecule has 2 atom stereocenters. The van der Waals surface area contributed by atoms with E-state index >= 15 is 0 Å². The van der Waals surface area contributed by atoms with Crippen LogP contribution in [0, 0.1) is 0 Å². The van der Waals surface area contributed by atoms with Crippen molar-refractivity contribution in [3.8, 4) is 0 Å². The maximum absolute atomic E-state index is 11.5. The third kappa shape index (κ3) is 4.48. The topological polar surface area (TPSA) is 66.4 Å². The van der Waals surface area contributed by atoms with Gasteiger partial charge in [0.15, 0.2) is 9.84 Å². The van der Waals surface area contributed by atoms with Crippen molar-refractivity contribution in [2.75, 3.05) is 11.5 Å². The molecular weight excluding hydrogens is 294 g/mol. The lowest BCUT2D eigenvalue weighted by molar-refractivity contribution is 0.207. The van der Waals surface area contributed by atoms with Crippen LogP contribution in [0.5, 0.6) is 0 Å². The lowest BCUT2D eigenvalue weighted by atomic mass is 10.2. The maximum atomic E-state index is 11.5. The van der Waals surface area contributed by atoms with Gasteiger partial charge in [-0.1, -0.05) is 26.0 Å². The molecular formula is C14H21NO3S2. The SMILES string of the molecule is CC(C)NCc1cccc(SC2CS(=O)(=O)CC2O)c1. The van der Waals surface area contributed by atoms with Crippen LogP contribution in [0.3, 0.4) is 0 Å². The molecule has 0 aliphatic carbocycles. The van der Waals surface area contributed by atoms with Crippen LogP contribution in [-0.4, -0.2) is 42.4 Å². The molecule has 0 radical (unpaired) electrons. The van der Waals surface area contributed by atoms with Crippen LogP contribution in [0.25, 0.3) is 0 Å². The van der Waals surface area contributed by atoms with E-state index < -0.39 is 15.9 Å². The standard InChI is InChI=1S/C14H21NO3S2/c1-10(2)15-7-11-4-3-5-12(6-11)19-14-9-20(17,18)8-13(14)16/h3-6,10,13-16H,7-9H2,1-2H3. The fourth-order valence-electron chi connectivity index (χ4n) is 2.13. The van der Waals surface area contributed by atoms with E-state index in [1.165, 1.54) is 17.3 Å². The zero-order valence-electron chi connectivity index (χ0n) is 11.7. The van der Waals surface area contributed by atoms with Gasteiger partial charge in [0.05, 0.1) is 22.9 Å². The molecule has 2 N–H and O–H groups in total. The van der Waals surface area contributed by atoms with Gasteiger partial charge in [-0.25, -0.2) is 8.42 Å². The first-order valence-electron chi connectivity index (χ1n) is 6.73. The number of sulfone groups is 1. The molecule has 0 amide bonds. The molecule has 20 heavy (non-hydrogen) atoms. The molecule has 6 heteroatoms. The minimum Gasteiger partial charge on any atom is -0.391 e. The average molecular weight is 315 g/mol. The van der Waals surface area contributed by atoms with E-state index in [2.05, 4.69) is 25.2 Å². The first-order valence-corrected chi connectivity index (χ1v) is 9.43. The molecule has 1 saturated heterocycles. The Balaban J connectivity index is 2.01. The summed E-state index contributed by atoms with van der Waals surface area (Å²) in [5, 5.41) is 12.9. The van der Waals surface area contributed by atoms with E-state index in [-0.39, 0.29) is 16.8 Å². The maximum Gasteiger partial charge on any atom is 0.154 e. The fourth-order valence-corrected chi connectivity index (χ4v) is 5.74. The second-order valence-corrected chi connectivity index (χ2v) is 8.95. The normalized spacial score (nSPS) is 25.2. The van der Waals surface area contributed by atoms with Gasteiger partial charge in [-0.2, -0.15) is 0 Å². The number of benzene rings is 1. The summed E-state index contributed by atoms with van der Waals surface area (Å²) >= 11 is 1.45. The van der Waals surface area contributed by atoms with Crippen LogP contribution in [0.1, 0.15) is 19.4 Å². The minimum atomic E-state index is -3.08. The van der Waals surface area contributed by atoms with Crippen LogP contribution in [0.2, 0.25) is 0 Å². The van der Waals surface area contributed by atoms with Gasteiger partial charge in [0.25, 0.3) is 0 Å². The third-order valence-corrected chi connectivity index (χ3v) is 6.41. The number of hydrogen-bond donors (Lipinski definition) is 2. The Kier molecular flexibility index (Phi) is 5.12. The fraction of sp³-hybridized carbons (Fsp3) is 0.571. The van der Waals surface area contributed by atoms with Gasteiger partial charge in [0.2, 0.25) is 0 Å². The van der Waals surface area contributed by atoms with Gasteiger partial charge in [0.1, 0.15) is 0 Å². The molecule has 112 valence electrons. The van der Waals surface area contributed by atoms with Gasteiger partial charge in [-0.15, -0.1) is 11.8 Å². The number of rotatable bonds is 5. The molecule has 2 rings (SSSR count). The molecule has 0 aromatic heterocycles. The van der Waals surface area contributed by atoms with Crippen molar-refractivity contribution in [3.05, 3.63) is 29.8 Å². The van der Waals surface area contributed by atoms with Crippen molar-refractivity contribution in [2.24, 2.45) is 0 Å². The summed E-state index contributed by atoms with van der Waals surface area (Å²) in [5.41, 5.74) is 1.17. The second-order valence-electron chi connectivity index (χ2n) is 5.48. The average Bonchev–Trinajstić information content (AvgIpc) is 2.60. The Morgan fingerprint density at radius 3 is 2.75 bits per heavy atom. The highest BCUT2D eigenvalue weighted by molar-refractivity contribution is 8.02. The molecule has 0 spiro atoms. The lowest BCUT2D eigenvalue weighted by Crippen LogP contribution is -2.22. The number of aliphatic hydroxyl groups is 1. The van der Waals surface area contributed by atoms with Crippen LogP contribution < -0.4 is 5.32 Å². The van der Waals surface area contributed by atoms with Crippen LogP contribution in [-0.2, 0) is 16.4 Å². The quantitative estimate of drug-likeness (QED) is 0.860. The predicted octanol–water partition coefficient (Wildman–Crippen LogP) is 1.43. The van der Waals surface area contributed by atoms with Crippen molar-refractivity contribution in [1.82, 2.24) is 5.32 Å². The molecule has 1 aromatic carbocycles. The largest absolute Gasteiger partial charge is 0.391 e. The monoisotopic (exact) mass is 315 g/mol. The van der Waals surface area contributed by atoms with E-state index in [0.29, 0.717) is 6.04 Å². The van der Waals surface area contributed by atoms with Crippen molar-refractivity contribution in [1.29, 1.82) is 0 Å². The van der Waals surface area contributed by atoms with E-state index in [1.807, 2.05) is 18.2 Å². The summed E-state index contributed by atoms with van der Waals surface area (Å²) in [6.45, 7) is 4.98. The number of nitrogens with one attached hydrogen (secondary N) is 1.